The van der Waals surface area contributed by atoms with E-state index >= 15 is 0 Å². The van der Waals surface area contributed by atoms with Crippen molar-refractivity contribution in [2.45, 2.75) is 12.8 Å². The molecule has 0 aromatic heterocycles. The van der Waals surface area contributed by atoms with Gasteiger partial charge in [0, 0.05) is 6.61 Å². The average Bonchev–Trinajstić information content (AvgIpc) is 2.50. The molecule has 0 bridgehead atoms. The third-order valence-corrected chi connectivity index (χ3v) is 3.48. The van der Waals surface area contributed by atoms with Crippen molar-refractivity contribution in [3.05, 3.63) is 65.2 Å². The molecule has 2 aromatic rings. The minimum Gasteiger partial charge on any atom is -0.496 e. The van der Waals surface area contributed by atoms with Crippen molar-refractivity contribution in [1.29, 1.82) is 0 Å². The highest BCUT2D eigenvalue weighted by atomic mass is 19.1. The molecule has 2 nitrogen and oxygen atoms in total. The normalized spacial score (nSPS) is 12.2. The summed E-state index contributed by atoms with van der Waals surface area (Å²) < 4.78 is 32.1. The molecule has 0 aliphatic carbocycles. The fraction of sp³-hybridized carbons (Fsp3) is 0.294. The van der Waals surface area contributed by atoms with Crippen LogP contribution < -0.4 is 4.74 Å². The topological polar surface area (TPSA) is 29.5 Å². The molecular weight excluding hydrogens is 274 g/mol. The predicted molar refractivity (Wildman–Crippen MR) is 77.3 cm³/mol. The second-order valence-electron chi connectivity index (χ2n) is 5.00. The summed E-state index contributed by atoms with van der Waals surface area (Å²) in [5.74, 6) is -0.386. The molecule has 2 rings (SSSR count). The number of benzene rings is 2. The largest absolute Gasteiger partial charge is 0.496 e. The molecule has 0 saturated carbocycles. The van der Waals surface area contributed by atoms with Gasteiger partial charge < -0.3 is 9.84 Å². The maximum atomic E-state index is 13.7. The van der Waals surface area contributed by atoms with Gasteiger partial charge in [0.2, 0.25) is 0 Å². The van der Waals surface area contributed by atoms with Crippen LogP contribution in [0.5, 0.6) is 5.75 Å². The van der Waals surface area contributed by atoms with E-state index in [4.69, 9.17) is 4.74 Å². The Balaban J connectivity index is 2.15. The van der Waals surface area contributed by atoms with Gasteiger partial charge in [-0.2, -0.15) is 0 Å². The maximum absolute atomic E-state index is 13.7. The van der Waals surface area contributed by atoms with Gasteiger partial charge in [-0.15, -0.1) is 0 Å². The van der Waals surface area contributed by atoms with Crippen LogP contribution >= 0.6 is 0 Å². The van der Waals surface area contributed by atoms with Crippen LogP contribution in [0.2, 0.25) is 0 Å². The third-order valence-electron chi connectivity index (χ3n) is 3.48. The Bertz CT molecular complexity index is 599. The standard InChI is InChI=1S/C17H18F2O2/c1-21-17-5-3-2-4-13(17)8-12(11-20)9-14-10-15(18)6-7-16(14)19/h2-7,10,12,20H,8-9,11H2,1H3. The summed E-state index contributed by atoms with van der Waals surface area (Å²) in [4.78, 5) is 0. The van der Waals surface area contributed by atoms with E-state index in [0.29, 0.717) is 6.42 Å². The highest BCUT2D eigenvalue weighted by molar-refractivity contribution is 5.33. The lowest BCUT2D eigenvalue weighted by molar-refractivity contribution is 0.223. The van der Waals surface area contributed by atoms with Gasteiger partial charge in [-0.25, -0.2) is 8.78 Å². The lowest BCUT2D eigenvalue weighted by atomic mass is 9.92. The van der Waals surface area contributed by atoms with E-state index in [1.807, 2.05) is 24.3 Å². The maximum Gasteiger partial charge on any atom is 0.126 e. The SMILES string of the molecule is COc1ccccc1CC(CO)Cc1cc(F)ccc1F. The lowest BCUT2D eigenvalue weighted by Gasteiger charge is -2.16. The van der Waals surface area contributed by atoms with E-state index in [1.165, 1.54) is 6.07 Å². The fourth-order valence-corrected chi connectivity index (χ4v) is 2.39. The quantitative estimate of drug-likeness (QED) is 0.884. The summed E-state index contributed by atoms with van der Waals surface area (Å²) in [6.45, 7) is -0.103. The van der Waals surface area contributed by atoms with Crippen LogP contribution in [0.3, 0.4) is 0 Å². The van der Waals surface area contributed by atoms with E-state index in [2.05, 4.69) is 0 Å². The van der Waals surface area contributed by atoms with Crippen molar-refractivity contribution in [3.63, 3.8) is 0 Å². The molecular formula is C17H18F2O2. The molecule has 0 aliphatic rings. The van der Waals surface area contributed by atoms with Crippen molar-refractivity contribution >= 4 is 0 Å². The van der Waals surface area contributed by atoms with Gasteiger partial charge in [-0.1, -0.05) is 18.2 Å². The van der Waals surface area contributed by atoms with E-state index in [-0.39, 0.29) is 24.5 Å². The first-order valence-corrected chi connectivity index (χ1v) is 6.80. The molecule has 0 radical (unpaired) electrons. The van der Waals surface area contributed by atoms with Gasteiger partial charge in [-0.05, 0) is 54.2 Å². The van der Waals surface area contributed by atoms with Crippen molar-refractivity contribution in [2.24, 2.45) is 5.92 Å². The first-order chi connectivity index (χ1) is 10.1. The van der Waals surface area contributed by atoms with Crippen LogP contribution in [0.1, 0.15) is 11.1 Å². The van der Waals surface area contributed by atoms with Crippen LogP contribution in [0, 0.1) is 17.6 Å². The number of aliphatic hydroxyl groups is 1. The molecule has 0 amide bonds. The number of para-hydroxylation sites is 1. The average molecular weight is 292 g/mol. The molecule has 0 spiro atoms. The molecule has 1 atom stereocenters. The molecule has 112 valence electrons. The molecule has 21 heavy (non-hydrogen) atoms. The zero-order chi connectivity index (χ0) is 15.2. The van der Waals surface area contributed by atoms with E-state index in [1.54, 1.807) is 7.11 Å². The molecule has 0 heterocycles. The molecule has 1 unspecified atom stereocenters. The van der Waals surface area contributed by atoms with Gasteiger partial charge in [-0.3, -0.25) is 0 Å². The van der Waals surface area contributed by atoms with Crippen molar-refractivity contribution in [2.75, 3.05) is 13.7 Å². The third kappa shape index (κ3) is 4.02. The summed E-state index contributed by atoms with van der Waals surface area (Å²) in [7, 11) is 1.58. The lowest BCUT2D eigenvalue weighted by Crippen LogP contribution is -2.14. The Morgan fingerprint density at radius 2 is 1.76 bits per heavy atom. The minimum absolute atomic E-state index is 0.103. The predicted octanol–water partition coefficient (Wildman–Crippen LogP) is 3.37. The summed E-state index contributed by atoms with van der Waals surface area (Å²) in [6, 6.07) is 10.9. The Morgan fingerprint density at radius 1 is 1.05 bits per heavy atom. The molecule has 0 fully saturated rings. The number of hydrogen-bond acceptors (Lipinski definition) is 2. The number of methoxy groups -OCH3 is 1. The first-order valence-electron chi connectivity index (χ1n) is 6.80. The second-order valence-corrected chi connectivity index (χ2v) is 5.00. The Hall–Kier alpha value is -1.94. The zero-order valence-electron chi connectivity index (χ0n) is 11.9. The Labute approximate surface area is 123 Å². The number of rotatable bonds is 6. The van der Waals surface area contributed by atoms with Crippen LogP contribution in [0.4, 0.5) is 8.78 Å². The van der Waals surface area contributed by atoms with E-state index < -0.39 is 11.6 Å². The molecule has 4 heteroatoms. The van der Waals surface area contributed by atoms with Gasteiger partial charge in [0.1, 0.15) is 17.4 Å². The number of aliphatic hydroxyl groups excluding tert-OH is 1. The van der Waals surface area contributed by atoms with Crippen molar-refractivity contribution in [3.8, 4) is 5.75 Å². The highest BCUT2D eigenvalue weighted by Crippen LogP contribution is 2.23. The second kappa shape index (κ2) is 7.18. The number of ether oxygens (including phenoxy) is 1. The van der Waals surface area contributed by atoms with Gasteiger partial charge >= 0.3 is 0 Å². The van der Waals surface area contributed by atoms with Crippen LogP contribution in [-0.4, -0.2) is 18.8 Å². The number of halogens is 2. The molecule has 0 saturated heterocycles. The van der Waals surface area contributed by atoms with Crippen LogP contribution in [0.25, 0.3) is 0 Å². The minimum atomic E-state index is -0.472. The highest BCUT2D eigenvalue weighted by Gasteiger charge is 2.15. The smallest absolute Gasteiger partial charge is 0.126 e. The Morgan fingerprint density at radius 3 is 2.48 bits per heavy atom. The zero-order valence-corrected chi connectivity index (χ0v) is 11.9. The van der Waals surface area contributed by atoms with Gasteiger partial charge in [0.25, 0.3) is 0 Å². The fourth-order valence-electron chi connectivity index (χ4n) is 2.39. The Kier molecular flexibility index (Phi) is 5.28. The molecule has 0 aliphatic heterocycles. The van der Waals surface area contributed by atoms with E-state index in [9.17, 15) is 13.9 Å². The van der Waals surface area contributed by atoms with Crippen LogP contribution in [0.15, 0.2) is 42.5 Å². The molecule has 2 aromatic carbocycles. The summed E-state index contributed by atoms with van der Waals surface area (Å²) in [5, 5.41) is 9.52. The van der Waals surface area contributed by atoms with Crippen molar-refractivity contribution < 1.29 is 18.6 Å². The van der Waals surface area contributed by atoms with Crippen LogP contribution in [-0.2, 0) is 12.8 Å². The molecule has 1 N–H and O–H groups in total. The summed E-state index contributed by atoms with van der Waals surface area (Å²) in [5.41, 5.74) is 1.22. The number of hydrogen-bond donors (Lipinski definition) is 1. The first kappa shape index (κ1) is 15.4. The van der Waals surface area contributed by atoms with Gasteiger partial charge in [0.15, 0.2) is 0 Å². The summed E-state index contributed by atoms with van der Waals surface area (Å²) >= 11 is 0. The van der Waals surface area contributed by atoms with Gasteiger partial charge in [0.05, 0.1) is 7.11 Å². The van der Waals surface area contributed by atoms with E-state index in [0.717, 1.165) is 23.4 Å². The van der Waals surface area contributed by atoms with Crippen molar-refractivity contribution in [1.82, 2.24) is 0 Å². The monoisotopic (exact) mass is 292 g/mol. The summed E-state index contributed by atoms with van der Waals surface area (Å²) in [6.07, 6.45) is 0.814.